The van der Waals surface area contributed by atoms with E-state index in [0.29, 0.717) is 22.7 Å². The number of rotatable bonds is 4. The van der Waals surface area contributed by atoms with E-state index in [4.69, 9.17) is 11.6 Å². The van der Waals surface area contributed by atoms with Gasteiger partial charge < -0.3 is 15.5 Å². The summed E-state index contributed by atoms with van der Waals surface area (Å²) in [6, 6.07) is 5.20. The van der Waals surface area contributed by atoms with Gasteiger partial charge in [0, 0.05) is 32.2 Å². The second-order valence-electron chi connectivity index (χ2n) is 5.44. The van der Waals surface area contributed by atoms with Gasteiger partial charge in [0.05, 0.1) is 10.6 Å². The van der Waals surface area contributed by atoms with Crippen molar-refractivity contribution in [2.75, 3.05) is 26.0 Å². The van der Waals surface area contributed by atoms with Gasteiger partial charge in [-0.05, 0) is 37.6 Å². The zero-order valence-corrected chi connectivity index (χ0v) is 14.3. The third-order valence-corrected chi connectivity index (χ3v) is 3.81. The van der Waals surface area contributed by atoms with Crippen molar-refractivity contribution in [3.05, 3.63) is 28.8 Å². The van der Waals surface area contributed by atoms with E-state index < -0.39 is 0 Å². The molecule has 1 heterocycles. The Morgan fingerprint density at radius 3 is 2.73 bits per heavy atom. The summed E-state index contributed by atoms with van der Waals surface area (Å²) in [5, 5.41) is 6.48. The molecule has 122 valence electrons. The molecule has 0 saturated carbocycles. The predicted octanol–water partition coefficient (Wildman–Crippen LogP) is 2.54. The molecule has 0 aliphatic carbocycles. The lowest BCUT2D eigenvalue weighted by molar-refractivity contribution is -0.116. The molecular formula is C15H21Cl2N3O2. The van der Waals surface area contributed by atoms with Crippen molar-refractivity contribution in [3.63, 3.8) is 0 Å². The van der Waals surface area contributed by atoms with Gasteiger partial charge >= 0.3 is 0 Å². The number of halogens is 2. The first kappa shape index (κ1) is 18.7. The van der Waals surface area contributed by atoms with E-state index in [-0.39, 0.29) is 30.3 Å². The molecule has 0 bridgehead atoms. The van der Waals surface area contributed by atoms with E-state index in [2.05, 4.69) is 10.6 Å². The van der Waals surface area contributed by atoms with Gasteiger partial charge in [0.2, 0.25) is 5.91 Å². The zero-order chi connectivity index (χ0) is 15.4. The SMILES string of the molecule is CN(C)C(=O)c1cc(NC(=O)CC2CCCN2)ccc1Cl.Cl. The van der Waals surface area contributed by atoms with Gasteiger partial charge in [0.15, 0.2) is 0 Å². The van der Waals surface area contributed by atoms with Gasteiger partial charge in [0.1, 0.15) is 0 Å². The molecule has 0 aromatic heterocycles. The molecule has 0 radical (unpaired) electrons. The number of carbonyl (C=O) groups excluding carboxylic acids is 2. The number of anilines is 1. The Morgan fingerprint density at radius 1 is 1.41 bits per heavy atom. The maximum absolute atomic E-state index is 12.0. The van der Waals surface area contributed by atoms with E-state index in [1.807, 2.05) is 0 Å². The van der Waals surface area contributed by atoms with Gasteiger partial charge in [-0.15, -0.1) is 12.4 Å². The maximum atomic E-state index is 12.0. The van der Waals surface area contributed by atoms with Crippen LogP contribution >= 0.6 is 24.0 Å². The maximum Gasteiger partial charge on any atom is 0.254 e. The molecule has 1 saturated heterocycles. The molecule has 1 fully saturated rings. The van der Waals surface area contributed by atoms with Gasteiger partial charge in [-0.1, -0.05) is 11.6 Å². The zero-order valence-electron chi connectivity index (χ0n) is 12.7. The second-order valence-corrected chi connectivity index (χ2v) is 5.85. The Balaban J connectivity index is 0.00000242. The molecule has 5 nitrogen and oxygen atoms in total. The van der Waals surface area contributed by atoms with Crippen LogP contribution < -0.4 is 10.6 Å². The molecule has 1 atom stereocenters. The Morgan fingerprint density at radius 2 is 2.14 bits per heavy atom. The minimum Gasteiger partial charge on any atom is -0.345 e. The molecule has 2 amide bonds. The standard InChI is InChI=1S/C15H20ClN3O2.ClH/c1-19(2)15(21)12-8-11(5-6-13(12)16)18-14(20)9-10-4-3-7-17-10;/h5-6,8,10,17H,3-4,7,9H2,1-2H3,(H,18,20);1H. The smallest absolute Gasteiger partial charge is 0.254 e. The highest BCUT2D eigenvalue weighted by Crippen LogP contribution is 2.22. The summed E-state index contributed by atoms with van der Waals surface area (Å²) >= 11 is 6.04. The lowest BCUT2D eigenvalue weighted by atomic mass is 10.1. The van der Waals surface area contributed by atoms with Gasteiger partial charge in [-0.3, -0.25) is 9.59 Å². The molecule has 0 spiro atoms. The number of nitrogens with one attached hydrogen (secondary N) is 2. The average molecular weight is 346 g/mol. The van der Waals surface area contributed by atoms with Crippen molar-refractivity contribution in [2.45, 2.75) is 25.3 Å². The van der Waals surface area contributed by atoms with Crippen molar-refractivity contribution in [1.82, 2.24) is 10.2 Å². The fourth-order valence-corrected chi connectivity index (χ4v) is 2.57. The first-order valence-corrected chi connectivity index (χ1v) is 7.39. The van der Waals surface area contributed by atoms with Crippen LogP contribution in [0.15, 0.2) is 18.2 Å². The number of hydrogen-bond acceptors (Lipinski definition) is 3. The third-order valence-electron chi connectivity index (χ3n) is 3.48. The minimum atomic E-state index is -0.187. The van der Waals surface area contributed by atoms with Crippen molar-refractivity contribution < 1.29 is 9.59 Å². The lowest BCUT2D eigenvalue weighted by Crippen LogP contribution is -2.27. The molecule has 1 aromatic rings. The highest BCUT2D eigenvalue weighted by atomic mass is 35.5. The fourth-order valence-electron chi connectivity index (χ4n) is 2.37. The van der Waals surface area contributed by atoms with Crippen molar-refractivity contribution >= 4 is 41.5 Å². The number of benzene rings is 1. The predicted molar refractivity (Wildman–Crippen MR) is 91.0 cm³/mol. The molecule has 2 rings (SSSR count). The molecule has 7 heteroatoms. The van der Waals surface area contributed by atoms with E-state index in [1.54, 1.807) is 32.3 Å². The van der Waals surface area contributed by atoms with E-state index in [9.17, 15) is 9.59 Å². The summed E-state index contributed by atoms with van der Waals surface area (Å²) in [7, 11) is 3.32. The summed E-state index contributed by atoms with van der Waals surface area (Å²) < 4.78 is 0. The number of carbonyl (C=O) groups is 2. The largest absolute Gasteiger partial charge is 0.345 e. The second kappa shape index (κ2) is 8.36. The molecule has 22 heavy (non-hydrogen) atoms. The first-order valence-electron chi connectivity index (χ1n) is 7.02. The molecule has 1 unspecified atom stereocenters. The Bertz CT molecular complexity index is 544. The molecule has 1 aliphatic heterocycles. The summed E-state index contributed by atoms with van der Waals surface area (Å²) in [5.74, 6) is -0.242. The Kier molecular flexibility index (Phi) is 7.13. The third kappa shape index (κ3) is 4.87. The van der Waals surface area contributed by atoms with Crippen LogP contribution in [-0.2, 0) is 4.79 Å². The van der Waals surface area contributed by atoms with Crippen LogP contribution in [0.4, 0.5) is 5.69 Å². The molecule has 2 N–H and O–H groups in total. The van der Waals surface area contributed by atoms with Gasteiger partial charge in [-0.2, -0.15) is 0 Å². The van der Waals surface area contributed by atoms with E-state index >= 15 is 0 Å². The number of hydrogen-bond donors (Lipinski definition) is 2. The van der Waals surface area contributed by atoms with Crippen LogP contribution in [0, 0.1) is 0 Å². The highest BCUT2D eigenvalue weighted by Gasteiger charge is 2.18. The summed E-state index contributed by atoms with van der Waals surface area (Å²) in [6.07, 6.45) is 2.58. The Labute approximate surface area is 141 Å². The number of amides is 2. The summed E-state index contributed by atoms with van der Waals surface area (Å²) in [6.45, 7) is 0.973. The van der Waals surface area contributed by atoms with Crippen LogP contribution in [0.25, 0.3) is 0 Å². The monoisotopic (exact) mass is 345 g/mol. The number of nitrogens with zero attached hydrogens (tertiary/aromatic N) is 1. The van der Waals surface area contributed by atoms with Crippen molar-refractivity contribution in [1.29, 1.82) is 0 Å². The van der Waals surface area contributed by atoms with Crippen LogP contribution in [-0.4, -0.2) is 43.4 Å². The molecular weight excluding hydrogens is 325 g/mol. The van der Waals surface area contributed by atoms with Crippen LogP contribution in [0.3, 0.4) is 0 Å². The normalized spacial score (nSPS) is 16.8. The fraction of sp³-hybridized carbons (Fsp3) is 0.467. The average Bonchev–Trinajstić information content (AvgIpc) is 2.92. The topological polar surface area (TPSA) is 61.4 Å². The van der Waals surface area contributed by atoms with Crippen molar-refractivity contribution in [2.24, 2.45) is 0 Å². The summed E-state index contributed by atoms with van der Waals surface area (Å²) in [5.41, 5.74) is 0.978. The minimum absolute atomic E-state index is 0. The lowest BCUT2D eigenvalue weighted by Gasteiger charge is -2.14. The van der Waals surface area contributed by atoms with Gasteiger partial charge in [0.25, 0.3) is 5.91 Å². The van der Waals surface area contributed by atoms with E-state index in [1.165, 1.54) is 4.90 Å². The van der Waals surface area contributed by atoms with Crippen LogP contribution in [0.5, 0.6) is 0 Å². The Hall–Kier alpha value is -1.30. The van der Waals surface area contributed by atoms with Crippen molar-refractivity contribution in [3.8, 4) is 0 Å². The summed E-state index contributed by atoms with van der Waals surface area (Å²) in [4.78, 5) is 25.4. The highest BCUT2D eigenvalue weighted by molar-refractivity contribution is 6.34. The molecule has 1 aromatic carbocycles. The quantitative estimate of drug-likeness (QED) is 0.881. The molecule has 1 aliphatic rings. The van der Waals surface area contributed by atoms with Gasteiger partial charge in [-0.25, -0.2) is 0 Å². The van der Waals surface area contributed by atoms with Crippen LogP contribution in [0.2, 0.25) is 5.02 Å². The van der Waals surface area contributed by atoms with E-state index in [0.717, 1.165) is 19.4 Å². The van der Waals surface area contributed by atoms with Crippen LogP contribution in [0.1, 0.15) is 29.6 Å². The first-order chi connectivity index (χ1) is 9.97.